The molecule has 108 valence electrons. The molecule has 0 aromatic heterocycles. The quantitative estimate of drug-likeness (QED) is 0.794. The maximum Gasteiger partial charge on any atom is 0.409 e. The lowest BCUT2D eigenvalue weighted by molar-refractivity contribution is -0.0347. The van der Waals surface area contributed by atoms with Gasteiger partial charge in [0.25, 0.3) is 0 Å². The van der Waals surface area contributed by atoms with Crippen LogP contribution in [0, 0.1) is 5.41 Å². The Morgan fingerprint density at radius 2 is 1.90 bits per heavy atom. The smallest absolute Gasteiger partial charge is 0.409 e. The highest BCUT2D eigenvalue weighted by atomic mass is 16.5. The van der Waals surface area contributed by atoms with E-state index in [9.17, 15) is 4.79 Å². The lowest BCUT2D eigenvalue weighted by atomic mass is 9.62. The summed E-state index contributed by atoms with van der Waals surface area (Å²) in [5.74, 6) is 0.815. The Morgan fingerprint density at radius 3 is 2.50 bits per heavy atom. The van der Waals surface area contributed by atoms with Gasteiger partial charge in [-0.05, 0) is 68.5 Å². The largest absolute Gasteiger partial charge is 0.490 e. The summed E-state index contributed by atoms with van der Waals surface area (Å²) < 4.78 is 5.94. The summed E-state index contributed by atoms with van der Waals surface area (Å²) >= 11 is 0. The van der Waals surface area contributed by atoms with Gasteiger partial charge in [0.1, 0.15) is 5.75 Å². The number of amides is 1. The topological polar surface area (TPSA) is 70.6 Å². The molecule has 1 saturated heterocycles. The van der Waals surface area contributed by atoms with Crippen molar-refractivity contribution >= 4 is 11.8 Å². The van der Waals surface area contributed by atoms with Gasteiger partial charge in [-0.15, -0.1) is 0 Å². The van der Waals surface area contributed by atoms with Crippen LogP contribution in [0.2, 0.25) is 0 Å². The van der Waals surface area contributed by atoms with Crippen molar-refractivity contribution in [3.05, 3.63) is 24.3 Å². The Hall–Kier alpha value is -1.75. The first-order valence-corrected chi connectivity index (χ1v) is 7.13. The van der Waals surface area contributed by atoms with Crippen molar-refractivity contribution < 1.29 is 14.6 Å². The molecule has 1 saturated carbocycles. The van der Waals surface area contributed by atoms with Crippen LogP contribution in [0.5, 0.6) is 5.75 Å². The minimum absolute atomic E-state index is 0.311. The number of nitrogens with one attached hydrogen (secondary N) is 2. The summed E-state index contributed by atoms with van der Waals surface area (Å²) in [5.41, 5.74) is 1.08. The highest BCUT2D eigenvalue weighted by Crippen LogP contribution is 2.49. The SMILES string of the molecule is O=C(O)Nc1ccc(OC2CC3(CCNCC3)C2)cc1. The normalized spacial score (nSPS) is 21.2. The Morgan fingerprint density at radius 1 is 1.25 bits per heavy atom. The zero-order valence-electron chi connectivity index (χ0n) is 11.4. The van der Waals surface area contributed by atoms with E-state index < -0.39 is 6.09 Å². The summed E-state index contributed by atoms with van der Waals surface area (Å²) in [6.07, 6.45) is 4.06. The monoisotopic (exact) mass is 276 g/mol. The van der Waals surface area contributed by atoms with Gasteiger partial charge in [-0.1, -0.05) is 0 Å². The van der Waals surface area contributed by atoms with Gasteiger partial charge in [0, 0.05) is 5.69 Å². The van der Waals surface area contributed by atoms with Crippen molar-refractivity contribution in [3.8, 4) is 5.75 Å². The van der Waals surface area contributed by atoms with Crippen LogP contribution in [-0.4, -0.2) is 30.4 Å². The molecule has 2 fully saturated rings. The summed E-state index contributed by atoms with van der Waals surface area (Å²) in [4.78, 5) is 10.5. The molecule has 3 rings (SSSR count). The molecule has 0 unspecified atom stereocenters. The van der Waals surface area contributed by atoms with Crippen molar-refractivity contribution in [3.63, 3.8) is 0 Å². The average Bonchev–Trinajstić information content (AvgIpc) is 2.40. The molecule has 3 N–H and O–H groups in total. The van der Waals surface area contributed by atoms with Crippen LogP contribution in [-0.2, 0) is 0 Å². The van der Waals surface area contributed by atoms with E-state index in [0.29, 0.717) is 17.2 Å². The van der Waals surface area contributed by atoms with Crippen LogP contribution >= 0.6 is 0 Å². The first-order valence-electron chi connectivity index (χ1n) is 7.13. The third-order valence-electron chi connectivity index (χ3n) is 4.39. The highest BCUT2D eigenvalue weighted by molar-refractivity contribution is 5.82. The molecule has 1 amide bonds. The fraction of sp³-hybridized carbons (Fsp3) is 0.533. The molecule has 1 heterocycles. The Bertz CT molecular complexity index is 472. The summed E-state index contributed by atoms with van der Waals surface area (Å²) in [5, 5.41) is 14.3. The minimum Gasteiger partial charge on any atom is -0.490 e. The van der Waals surface area contributed by atoms with Crippen molar-refractivity contribution in [2.45, 2.75) is 31.8 Å². The molecule has 5 heteroatoms. The van der Waals surface area contributed by atoms with E-state index in [0.717, 1.165) is 31.7 Å². The average molecular weight is 276 g/mol. The molecule has 1 aliphatic carbocycles. The summed E-state index contributed by atoms with van der Waals surface area (Å²) in [6, 6.07) is 7.09. The lowest BCUT2D eigenvalue weighted by Gasteiger charge is -2.49. The van der Waals surface area contributed by atoms with E-state index in [-0.39, 0.29) is 0 Å². The minimum atomic E-state index is -1.05. The highest BCUT2D eigenvalue weighted by Gasteiger charge is 2.45. The van der Waals surface area contributed by atoms with E-state index >= 15 is 0 Å². The molecule has 1 spiro atoms. The standard InChI is InChI=1S/C15H20N2O3/c18-14(19)17-11-1-3-12(4-2-11)20-13-9-15(10-13)5-7-16-8-6-15/h1-4,13,16-17H,5-10H2,(H,18,19). The Balaban J connectivity index is 1.51. The number of rotatable bonds is 3. The number of carboxylic acid groups (broad SMARTS) is 1. The van der Waals surface area contributed by atoms with Gasteiger partial charge in [-0.2, -0.15) is 0 Å². The fourth-order valence-corrected chi connectivity index (χ4v) is 3.29. The third-order valence-corrected chi connectivity index (χ3v) is 4.39. The molecule has 1 aromatic rings. The molecule has 0 radical (unpaired) electrons. The van der Waals surface area contributed by atoms with E-state index in [1.54, 1.807) is 12.1 Å². The number of hydrogen-bond acceptors (Lipinski definition) is 3. The second kappa shape index (κ2) is 5.32. The number of piperidine rings is 1. The van der Waals surface area contributed by atoms with E-state index in [2.05, 4.69) is 10.6 Å². The number of anilines is 1. The number of ether oxygens (including phenoxy) is 1. The van der Waals surface area contributed by atoms with E-state index in [1.807, 2.05) is 12.1 Å². The predicted octanol–water partition coefficient (Wildman–Crippen LogP) is 2.69. The maximum absolute atomic E-state index is 10.5. The summed E-state index contributed by atoms with van der Waals surface area (Å²) in [7, 11) is 0. The van der Waals surface area contributed by atoms with Gasteiger partial charge in [-0.3, -0.25) is 5.32 Å². The number of benzene rings is 1. The Labute approximate surface area is 118 Å². The van der Waals surface area contributed by atoms with Gasteiger partial charge < -0.3 is 15.2 Å². The van der Waals surface area contributed by atoms with Crippen LogP contribution in [0.1, 0.15) is 25.7 Å². The van der Waals surface area contributed by atoms with Crippen LogP contribution in [0.4, 0.5) is 10.5 Å². The molecular formula is C15H20N2O3. The van der Waals surface area contributed by atoms with Crippen molar-refractivity contribution in [1.29, 1.82) is 0 Å². The number of carbonyl (C=O) groups is 1. The summed E-state index contributed by atoms with van der Waals surface area (Å²) in [6.45, 7) is 2.25. The van der Waals surface area contributed by atoms with Crippen molar-refractivity contribution in [1.82, 2.24) is 5.32 Å². The predicted molar refractivity (Wildman–Crippen MR) is 76.3 cm³/mol. The van der Waals surface area contributed by atoms with E-state index in [4.69, 9.17) is 9.84 Å². The van der Waals surface area contributed by atoms with Gasteiger partial charge in [0.2, 0.25) is 0 Å². The molecule has 5 nitrogen and oxygen atoms in total. The second-order valence-corrected chi connectivity index (χ2v) is 5.85. The zero-order chi connectivity index (χ0) is 14.0. The zero-order valence-corrected chi connectivity index (χ0v) is 11.4. The van der Waals surface area contributed by atoms with E-state index in [1.165, 1.54) is 12.8 Å². The molecule has 0 atom stereocenters. The first kappa shape index (κ1) is 13.2. The molecule has 1 aliphatic heterocycles. The molecule has 0 bridgehead atoms. The fourth-order valence-electron chi connectivity index (χ4n) is 3.29. The lowest BCUT2D eigenvalue weighted by Crippen LogP contribution is -2.49. The van der Waals surface area contributed by atoms with Gasteiger partial charge in [0.15, 0.2) is 0 Å². The second-order valence-electron chi connectivity index (χ2n) is 5.85. The van der Waals surface area contributed by atoms with Crippen LogP contribution in [0.3, 0.4) is 0 Å². The first-order chi connectivity index (χ1) is 9.65. The molecule has 1 aromatic carbocycles. The van der Waals surface area contributed by atoms with Gasteiger partial charge in [-0.25, -0.2) is 4.79 Å². The van der Waals surface area contributed by atoms with Crippen LogP contribution < -0.4 is 15.4 Å². The Kier molecular flexibility index (Phi) is 3.53. The third kappa shape index (κ3) is 2.88. The van der Waals surface area contributed by atoms with Crippen molar-refractivity contribution in [2.24, 2.45) is 5.41 Å². The molecule has 2 aliphatic rings. The van der Waals surface area contributed by atoms with Crippen molar-refractivity contribution in [2.75, 3.05) is 18.4 Å². The van der Waals surface area contributed by atoms with Gasteiger partial charge in [0.05, 0.1) is 6.10 Å². The molecular weight excluding hydrogens is 256 g/mol. The van der Waals surface area contributed by atoms with Crippen LogP contribution in [0.15, 0.2) is 24.3 Å². The maximum atomic E-state index is 10.5. The van der Waals surface area contributed by atoms with Gasteiger partial charge >= 0.3 is 6.09 Å². The van der Waals surface area contributed by atoms with Crippen LogP contribution in [0.25, 0.3) is 0 Å². The number of hydrogen-bond donors (Lipinski definition) is 3. The molecule has 20 heavy (non-hydrogen) atoms.